The van der Waals surface area contributed by atoms with E-state index < -0.39 is 11.4 Å². The fraction of sp³-hybridized carbons (Fsp3) is 0.240. The third kappa shape index (κ3) is 4.76. The van der Waals surface area contributed by atoms with E-state index >= 15 is 0 Å². The van der Waals surface area contributed by atoms with Gasteiger partial charge in [-0.3, -0.25) is 4.79 Å². The number of aryl methyl sites for hydroxylation is 2. The van der Waals surface area contributed by atoms with E-state index in [-0.39, 0.29) is 5.69 Å². The van der Waals surface area contributed by atoms with E-state index in [1.807, 2.05) is 32.9 Å². The molecular formula is C25H24ClN7O. The number of carbonyl (C=O) groups is 1. The Bertz CT molecular complexity index is 1440. The van der Waals surface area contributed by atoms with Crippen molar-refractivity contribution in [3.8, 4) is 28.5 Å². The summed E-state index contributed by atoms with van der Waals surface area (Å²) in [5.41, 5.74) is 16.7. The first kappa shape index (κ1) is 23.4. The van der Waals surface area contributed by atoms with Crippen molar-refractivity contribution >= 4 is 23.2 Å². The first-order chi connectivity index (χ1) is 16.1. The molecule has 3 aromatic heterocycles. The van der Waals surface area contributed by atoms with E-state index in [4.69, 9.17) is 28.2 Å². The van der Waals surface area contributed by atoms with Gasteiger partial charge in [0, 0.05) is 28.6 Å². The molecule has 3 heterocycles. The van der Waals surface area contributed by atoms with Crippen molar-refractivity contribution in [3.05, 3.63) is 70.3 Å². The standard InChI is InChI=1S/C25H24ClN7O/c1-14-9-18(11-19(26)30-14)20-21(16-6-4-5-15(10-16)12-27)32-33-13-17(7-8-25(2,3)29)22(23(28)34)31-24(20)33/h4-6,9-11,13H,7-8,29H2,1-3H3,(H2,28,34). The molecule has 9 heteroatoms. The van der Waals surface area contributed by atoms with Gasteiger partial charge in [0.1, 0.15) is 16.5 Å². The van der Waals surface area contributed by atoms with Gasteiger partial charge in [0.2, 0.25) is 0 Å². The summed E-state index contributed by atoms with van der Waals surface area (Å²) in [5.74, 6) is -0.628. The minimum atomic E-state index is -0.628. The Balaban J connectivity index is 2.03. The van der Waals surface area contributed by atoms with E-state index in [2.05, 4.69) is 16.0 Å². The first-order valence-corrected chi connectivity index (χ1v) is 11.1. The second-order valence-electron chi connectivity index (χ2n) is 8.97. The van der Waals surface area contributed by atoms with Gasteiger partial charge in [-0.1, -0.05) is 23.7 Å². The van der Waals surface area contributed by atoms with Crippen LogP contribution in [0.1, 0.15) is 47.6 Å². The average molecular weight is 474 g/mol. The van der Waals surface area contributed by atoms with Crippen LogP contribution in [-0.2, 0) is 6.42 Å². The highest BCUT2D eigenvalue weighted by Crippen LogP contribution is 2.36. The third-order valence-corrected chi connectivity index (χ3v) is 5.63. The molecule has 8 nitrogen and oxygen atoms in total. The Morgan fingerprint density at radius 1 is 1.21 bits per heavy atom. The Labute approximate surface area is 202 Å². The van der Waals surface area contributed by atoms with Crippen LogP contribution in [0.2, 0.25) is 5.15 Å². The number of hydrogen-bond donors (Lipinski definition) is 2. The molecule has 1 amide bonds. The molecule has 1 aromatic carbocycles. The second kappa shape index (κ2) is 8.86. The second-order valence-corrected chi connectivity index (χ2v) is 9.36. The van der Waals surface area contributed by atoms with Gasteiger partial charge in [-0.25, -0.2) is 14.5 Å². The number of pyridine rings is 1. The summed E-state index contributed by atoms with van der Waals surface area (Å²) >= 11 is 6.27. The van der Waals surface area contributed by atoms with Gasteiger partial charge < -0.3 is 11.5 Å². The van der Waals surface area contributed by atoms with Gasteiger partial charge in [-0.05, 0) is 63.4 Å². The van der Waals surface area contributed by atoms with Crippen LogP contribution in [0.25, 0.3) is 28.0 Å². The highest BCUT2D eigenvalue weighted by Gasteiger charge is 2.23. The summed E-state index contributed by atoms with van der Waals surface area (Å²) in [5, 5.41) is 14.5. The van der Waals surface area contributed by atoms with Crippen LogP contribution in [0.3, 0.4) is 0 Å². The Kier molecular flexibility index (Phi) is 6.09. The quantitative estimate of drug-likeness (QED) is 0.405. The van der Waals surface area contributed by atoms with E-state index in [1.54, 1.807) is 35.0 Å². The van der Waals surface area contributed by atoms with Crippen molar-refractivity contribution in [2.75, 3.05) is 0 Å². The Morgan fingerprint density at radius 3 is 2.62 bits per heavy atom. The van der Waals surface area contributed by atoms with Crippen LogP contribution in [-0.4, -0.2) is 31.0 Å². The molecule has 34 heavy (non-hydrogen) atoms. The van der Waals surface area contributed by atoms with Crippen LogP contribution >= 0.6 is 11.6 Å². The number of primary amides is 1. The minimum absolute atomic E-state index is 0.173. The summed E-state index contributed by atoms with van der Waals surface area (Å²) < 4.78 is 1.64. The molecule has 0 atom stereocenters. The van der Waals surface area contributed by atoms with Crippen LogP contribution in [0.15, 0.2) is 42.6 Å². The zero-order valence-electron chi connectivity index (χ0n) is 19.1. The number of carbonyl (C=O) groups excluding carboxylic acids is 1. The molecule has 0 saturated heterocycles. The van der Waals surface area contributed by atoms with Gasteiger partial charge in [0.05, 0.1) is 17.2 Å². The number of hydrogen-bond acceptors (Lipinski definition) is 6. The molecule has 4 N–H and O–H groups in total. The lowest BCUT2D eigenvalue weighted by molar-refractivity contribution is 0.0994. The number of fused-ring (bicyclic) bond motifs is 1. The summed E-state index contributed by atoms with van der Waals surface area (Å²) in [6.45, 7) is 5.68. The zero-order valence-corrected chi connectivity index (χ0v) is 19.9. The van der Waals surface area contributed by atoms with E-state index in [0.717, 1.165) is 16.8 Å². The summed E-state index contributed by atoms with van der Waals surface area (Å²) in [4.78, 5) is 21.2. The highest BCUT2D eigenvalue weighted by molar-refractivity contribution is 6.29. The number of nitriles is 1. The molecule has 0 radical (unpaired) electrons. The summed E-state index contributed by atoms with van der Waals surface area (Å²) in [6.07, 6.45) is 2.91. The Hall–Kier alpha value is -3.80. The highest BCUT2D eigenvalue weighted by atomic mass is 35.5. The van der Waals surface area contributed by atoms with Crippen LogP contribution in [0.4, 0.5) is 0 Å². The average Bonchev–Trinajstić information content (AvgIpc) is 3.14. The predicted molar refractivity (Wildman–Crippen MR) is 131 cm³/mol. The van der Waals surface area contributed by atoms with E-state index in [0.29, 0.717) is 46.0 Å². The van der Waals surface area contributed by atoms with Gasteiger partial charge in [0.15, 0.2) is 5.65 Å². The monoisotopic (exact) mass is 473 g/mol. The molecule has 0 saturated carbocycles. The lowest BCUT2D eigenvalue weighted by Gasteiger charge is -2.18. The SMILES string of the molecule is Cc1cc(-c2c(-c3cccc(C#N)c3)nn3cc(CCC(C)(C)N)c(C(N)=O)nc23)cc(Cl)n1. The summed E-state index contributed by atoms with van der Waals surface area (Å²) in [7, 11) is 0. The fourth-order valence-corrected chi connectivity index (χ4v) is 4.09. The molecule has 0 aliphatic heterocycles. The molecule has 0 bridgehead atoms. The maximum absolute atomic E-state index is 12.3. The van der Waals surface area contributed by atoms with Gasteiger partial charge >= 0.3 is 0 Å². The molecule has 4 rings (SSSR count). The molecule has 0 spiro atoms. The van der Waals surface area contributed by atoms with E-state index in [1.165, 1.54) is 0 Å². The van der Waals surface area contributed by atoms with Gasteiger partial charge in [-0.2, -0.15) is 10.4 Å². The maximum atomic E-state index is 12.3. The molecule has 172 valence electrons. The molecule has 0 unspecified atom stereocenters. The van der Waals surface area contributed by atoms with Crippen molar-refractivity contribution in [2.45, 2.75) is 39.2 Å². The van der Waals surface area contributed by atoms with Crippen LogP contribution < -0.4 is 11.5 Å². The number of nitrogens with two attached hydrogens (primary N) is 2. The smallest absolute Gasteiger partial charge is 0.267 e. The van der Waals surface area contributed by atoms with Crippen molar-refractivity contribution in [1.82, 2.24) is 19.6 Å². The molecule has 0 aliphatic carbocycles. The summed E-state index contributed by atoms with van der Waals surface area (Å²) in [6, 6.07) is 12.9. The normalized spacial score (nSPS) is 11.5. The number of amides is 1. The van der Waals surface area contributed by atoms with Crippen LogP contribution in [0, 0.1) is 18.3 Å². The number of rotatable bonds is 6. The number of aromatic nitrogens is 4. The van der Waals surface area contributed by atoms with Crippen molar-refractivity contribution in [2.24, 2.45) is 11.5 Å². The van der Waals surface area contributed by atoms with Crippen molar-refractivity contribution < 1.29 is 4.79 Å². The molecule has 0 aliphatic rings. The largest absolute Gasteiger partial charge is 0.364 e. The maximum Gasteiger partial charge on any atom is 0.267 e. The van der Waals surface area contributed by atoms with Crippen LogP contribution in [0.5, 0.6) is 0 Å². The van der Waals surface area contributed by atoms with Gasteiger partial charge in [-0.15, -0.1) is 0 Å². The number of halogens is 1. The zero-order chi connectivity index (χ0) is 24.6. The molecule has 4 aromatic rings. The van der Waals surface area contributed by atoms with E-state index in [9.17, 15) is 10.1 Å². The minimum Gasteiger partial charge on any atom is -0.364 e. The third-order valence-electron chi connectivity index (χ3n) is 5.43. The molecule has 0 fully saturated rings. The van der Waals surface area contributed by atoms with Gasteiger partial charge in [0.25, 0.3) is 5.91 Å². The first-order valence-electron chi connectivity index (χ1n) is 10.7. The molecular weight excluding hydrogens is 450 g/mol. The van der Waals surface area contributed by atoms with Crippen molar-refractivity contribution in [1.29, 1.82) is 5.26 Å². The number of benzene rings is 1. The number of nitrogens with zero attached hydrogens (tertiary/aromatic N) is 5. The predicted octanol–water partition coefficient (Wildman–Crippen LogP) is 4.06. The Morgan fingerprint density at radius 2 is 1.97 bits per heavy atom. The fourth-order valence-electron chi connectivity index (χ4n) is 3.84. The van der Waals surface area contributed by atoms with Crippen molar-refractivity contribution in [3.63, 3.8) is 0 Å². The lowest BCUT2D eigenvalue weighted by atomic mass is 9.96. The lowest BCUT2D eigenvalue weighted by Crippen LogP contribution is -2.32. The topological polar surface area (TPSA) is 136 Å².